The molecule has 0 unspecified atom stereocenters. The van der Waals surface area contributed by atoms with Gasteiger partial charge in [-0.3, -0.25) is 14.9 Å². The normalized spacial score (nSPS) is 14.8. The van der Waals surface area contributed by atoms with Crippen LogP contribution in [0.4, 0.5) is 10.5 Å². The quantitative estimate of drug-likeness (QED) is 0.378. The second-order valence-corrected chi connectivity index (χ2v) is 8.46. The summed E-state index contributed by atoms with van der Waals surface area (Å²) < 4.78 is 11.3. The van der Waals surface area contributed by atoms with Gasteiger partial charge in [-0.15, -0.1) is 0 Å². The number of urea groups is 1. The fraction of sp³-hybridized carbons (Fsp3) is 0.148. The summed E-state index contributed by atoms with van der Waals surface area (Å²) in [6.45, 7) is 3.99. The minimum absolute atomic E-state index is 0.208. The number of methoxy groups -OCH3 is 1. The van der Waals surface area contributed by atoms with Gasteiger partial charge in [0.1, 0.15) is 12.2 Å². The lowest BCUT2D eigenvalue weighted by atomic mass is 10.0. The number of imide groups is 2. The van der Waals surface area contributed by atoms with Gasteiger partial charge in [-0.25, -0.2) is 9.69 Å². The van der Waals surface area contributed by atoms with Gasteiger partial charge in [-0.2, -0.15) is 0 Å². The Morgan fingerprint density at radius 3 is 2.43 bits per heavy atom. The fourth-order valence-corrected chi connectivity index (χ4v) is 4.07. The molecule has 0 bridgehead atoms. The first kappa shape index (κ1) is 24.0. The maximum absolute atomic E-state index is 13.2. The SMILES string of the molecule is COc1cc(/C=C2\C(=O)NC(=O)N(c3ccc(C)cc3C)C2=O)cc(Cl)c1OCc1ccccc1. The first-order chi connectivity index (χ1) is 16.8. The van der Waals surface area contributed by atoms with E-state index >= 15 is 0 Å². The number of nitrogens with zero attached hydrogens (tertiary/aromatic N) is 1. The summed E-state index contributed by atoms with van der Waals surface area (Å²) in [6, 6.07) is 17.3. The number of aryl methyl sites for hydroxylation is 2. The number of carbonyl (C=O) groups is 3. The molecule has 3 aromatic rings. The van der Waals surface area contributed by atoms with Gasteiger partial charge in [0.25, 0.3) is 11.8 Å². The van der Waals surface area contributed by atoms with Crippen LogP contribution >= 0.6 is 11.6 Å². The van der Waals surface area contributed by atoms with Crippen molar-refractivity contribution in [1.82, 2.24) is 5.32 Å². The molecule has 4 amide bonds. The molecule has 1 N–H and O–H groups in total. The van der Waals surface area contributed by atoms with E-state index in [0.717, 1.165) is 21.6 Å². The molecule has 0 spiro atoms. The van der Waals surface area contributed by atoms with E-state index in [1.165, 1.54) is 13.2 Å². The molecular weight excluding hydrogens is 468 g/mol. The van der Waals surface area contributed by atoms with Crippen molar-refractivity contribution in [2.75, 3.05) is 12.0 Å². The summed E-state index contributed by atoms with van der Waals surface area (Å²) in [6.07, 6.45) is 1.37. The van der Waals surface area contributed by atoms with Crippen LogP contribution in [0.1, 0.15) is 22.3 Å². The van der Waals surface area contributed by atoms with Crippen LogP contribution in [0, 0.1) is 13.8 Å². The van der Waals surface area contributed by atoms with E-state index in [9.17, 15) is 14.4 Å². The Kier molecular flexibility index (Phi) is 6.89. The Balaban J connectivity index is 1.66. The third kappa shape index (κ3) is 5.05. The van der Waals surface area contributed by atoms with E-state index in [0.29, 0.717) is 22.7 Å². The lowest BCUT2D eigenvalue weighted by molar-refractivity contribution is -0.122. The molecule has 0 radical (unpaired) electrons. The topological polar surface area (TPSA) is 84.9 Å². The van der Waals surface area contributed by atoms with Crippen LogP contribution in [-0.4, -0.2) is 25.0 Å². The third-order valence-electron chi connectivity index (χ3n) is 5.48. The highest BCUT2D eigenvalue weighted by Gasteiger charge is 2.37. The molecule has 3 aromatic carbocycles. The molecule has 0 saturated carbocycles. The molecule has 35 heavy (non-hydrogen) atoms. The lowest BCUT2D eigenvalue weighted by Crippen LogP contribution is -2.54. The first-order valence-corrected chi connectivity index (χ1v) is 11.2. The fourth-order valence-electron chi connectivity index (χ4n) is 3.79. The number of nitrogens with one attached hydrogen (secondary N) is 1. The standard InChI is InChI=1S/C27H23ClN2O5/c1-16-9-10-22(17(2)11-16)30-26(32)20(25(31)29-27(30)33)12-19-13-21(28)24(23(14-19)34-3)35-15-18-7-5-4-6-8-18/h4-14H,15H2,1-3H3,(H,29,31,33)/b20-12+. The van der Waals surface area contributed by atoms with Crippen molar-refractivity contribution in [1.29, 1.82) is 0 Å². The zero-order valence-electron chi connectivity index (χ0n) is 19.4. The van der Waals surface area contributed by atoms with Crippen molar-refractivity contribution >= 4 is 41.2 Å². The average molecular weight is 491 g/mol. The minimum atomic E-state index is -0.802. The van der Waals surface area contributed by atoms with Crippen molar-refractivity contribution < 1.29 is 23.9 Å². The molecule has 1 fully saturated rings. The van der Waals surface area contributed by atoms with Crippen molar-refractivity contribution in [3.05, 3.63) is 93.5 Å². The van der Waals surface area contributed by atoms with Gasteiger partial charge in [0.05, 0.1) is 17.8 Å². The first-order valence-electron chi connectivity index (χ1n) is 10.8. The van der Waals surface area contributed by atoms with Crippen LogP contribution in [0.15, 0.2) is 66.2 Å². The molecule has 1 heterocycles. The number of hydrogen-bond acceptors (Lipinski definition) is 5. The largest absolute Gasteiger partial charge is 0.493 e. The van der Waals surface area contributed by atoms with E-state index < -0.39 is 17.8 Å². The molecular formula is C27H23ClN2O5. The molecule has 0 aromatic heterocycles. The summed E-state index contributed by atoms with van der Waals surface area (Å²) >= 11 is 6.47. The molecule has 0 atom stereocenters. The Labute approximate surface area is 207 Å². The number of benzene rings is 3. The van der Waals surface area contributed by atoms with Gasteiger partial charge in [-0.05, 0) is 54.8 Å². The van der Waals surface area contributed by atoms with Gasteiger partial charge < -0.3 is 9.47 Å². The van der Waals surface area contributed by atoms with Crippen molar-refractivity contribution in [2.24, 2.45) is 0 Å². The van der Waals surface area contributed by atoms with Crippen LogP contribution in [0.3, 0.4) is 0 Å². The molecule has 178 valence electrons. The highest BCUT2D eigenvalue weighted by atomic mass is 35.5. The second-order valence-electron chi connectivity index (χ2n) is 8.06. The second kappa shape index (κ2) is 10.0. The summed E-state index contributed by atoms with van der Waals surface area (Å²) in [7, 11) is 1.47. The van der Waals surface area contributed by atoms with Crippen LogP contribution in [0.2, 0.25) is 5.02 Å². The predicted molar refractivity (Wildman–Crippen MR) is 134 cm³/mol. The number of carbonyl (C=O) groups excluding carboxylic acids is 3. The summed E-state index contributed by atoms with van der Waals surface area (Å²) in [5.74, 6) is -0.844. The van der Waals surface area contributed by atoms with Crippen molar-refractivity contribution in [2.45, 2.75) is 20.5 Å². The van der Waals surface area contributed by atoms with Gasteiger partial charge in [0.2, 0.25) is 0 Å². The molecule has 1 saturated heterocycles. The molecule has 8 heteroatoms. The third-order valence-corrected chi connectivity index (χ3v) is 5.76. The van der Waals surface area contributed by atoms with Gasteiger partial charge in [0, 0.05) is 0 Å². The van der Waals surface area contributed by atoms with Crippen molar-refractivity contribution in [3.63, 3.8) is 0 Å². The van der Waals surface area contributed by atoms with E-state index in [2.05, 4.69) is 5.32 Å². The van der Waals surface area contributed by atoms with E-state index in [1.807, 2.05) is 43.3 Å². The minimum Gasteiger partial charge on any atom is -0.493 e. The summed E-state index contributed by atoms with van der Waals surface area (Å²) in [5.41, 5.74) is 3.30. The molecule has 1 aliphatic heterocycles. The maximum atomic E-state index is 13.2. The van der Waals surface area contributed by atoms with Crippen LogP contribution in [0.5, 0.6) is 11.5 Å². The van der Waals surface area contributed by atoms with Crippen LogP contribution in [0.25, 0.3) is 6.08 Å². The molecule has 1 aliphatic rings. The number of halogens is 1. The van der Waals surface area contributed by atoms with E-state index in [4.69, 9.17) is 21.1 Å². The lowest BCUT2D eigenvalue weighted by Gasteiger charge is -2.27. The Bertz CT molecular complexity index is 1350. The van der Waals surface area contributed by atoms with Crippen LogP contribution < -0.4 is 19.7 Å². The summed E-state index contributed by atoms with van der Waals surface area (Å²) in [4.78, 5) is 39.3. The zero-order valence-corrected chi connectivity index (χ0v) is 20.2. The number of hydrogen-bond donors (Lipinski definition) is 1. The Hall–Kier alpha value is -4.10. The number of ether oxygens (including phenoxy) is 2. The Morgan fingerprint density at radius 1 is 1.00 bits per heavy atom. The number of rotatable bonds is 6. The highest BCUT2D eigenvalue weighted by Crippen LogP contribution is 2.38. The van der Waals surface area contributed by atoms with Crippen LogP contribution in [-0.2, 0) is 16.2 Å². The summed E-state index contributed by atoms with van der Waals surface area (Å²) in [5, 5.41) is 2.48. The van der Waals surface area contributed by atoms with E-state index in [1.54, 1.807) is 31.2 Å². The van der Waals surface area contributed by atoms with E-state index in [-0.39, 0.29) is 17.2 Å². The zero-order chi connectivity index (χ0) is 25.1. The van der Waals surface area contributed by atoms with Gasteiger partial charge in [0.15, 0.2) is 11.5 Å². The molecule has 7 nitrogen and oxygen atoms in total. The number of anilines is 1. The Morgan fingerprint density at radius 2 is 1.74 bits per heavy atom. The number of barbiturate groups is 1. The van der Waals surface area contributed by atoms with Gasteiger partial charge >= 0.3 is 6.03 Å². The van der Waals surface area contributed by atoms with Gasteiger partial charge in [-0.1, -0.05) is 59.6 Å². The number of amides is 4. The molecule has 0 aliphatic carbocycles. The molecule has 4 rings (SSSR count). The highest BCUT2D eigenvalue weighted by molar-refractivity contribution is 6.39. The smallest absolute Gasteiger partial charge is 0.335 e. The monoisotopic (exact) mass is 490 g/mol. The predicted octanol–water partition coefficient (Wildman–Crippen LogP) is 5.21. The average Bonchev–Trinajstić information content (AvgIpc) is 2.82. The maximum Gasteiger partial charge on any atom is 0.335 e. The van der Waals surface area contributed by atoms with Crippen molar-refractivity contribution in [3.8, 4) is 11.5 Å².